The number of nitrogens with one attached hydrogen (secondary N) is 2. The number of rotatable bonds is 3. The summed E-state index contributed by atoms with van der Waals surface area (Å²) in [4.78, 5) is 12.0. The van der Waals surface area contributed by atoms with Gasteiger partial charge in [0, 0.05) is 15.8 Å². The number of carbonyl (C=O) groups excluding carboxylic acids is 1. The molecule has 0 saturated carbocycles. The van der Waals surface area contributed by atoms with Gasteiger partial charge in [-0.1, -0.05) is 35.0 Å². The van der Waals surface area contributed by atoms with E-state index in [1.807, 2.05) is 49.4 Å². The zero-order valence-corrected chi connectivity index (χ0v) is 13.1. The molecule has 0 fully saturated rings. The van der Waals surface area contributed by atoms with Gasteiger partial charge in [0.25, 0.3) is 0 Å². The minimum atomic E-state index is -0.229. The third-order valence-electron chi connectivity index (χ3n) is 2.97. The van der Waals surface area contributed by atoms with Crippen molar-refractivity contribution in [3.63, 3.8) is 0 Å². The van der Waals surface area contributed by atoms with Crippen molar-refractivity contribution in [3.8, 4) is 0 Å². The molecule has 0 aromatic heterocycles. The Kier molecular flexibility index (Phi) is 4.79. The minimum Gasteiger partial charge on any atom is -0.308 e. The van der Waals surface area contributed by atoms with E-state index in [4.69, 9.17) is 0 Å². The molecule has 4 heteroatoms. The molecule has 2 amide bonds. The number of hydrogen-bond donors (Lipinski definition) is 2. The summed E-state index contributed by atoms with van der Waals surface area (Å²) >= 11 is 3.44. The van der Waals surface area contributed by atoms with Crippen molar-refractivity contribution in [2.75, 3.05) is 10.6 Å². The van der Waals surface area contributed by atoms with Gasteiger partial charge in [0.05, 0.1) is 0 Å². The zero-order valence-electron chi connectivity index (χ0n) is 11.5. The third kappa shape index (κ3) is 3.84. The highest BCUT2D eigenvalue weighted by Crippen LogP contribution is 2.22. The molecule has 0 unspecified atom stereocenters. The van der Waals surface area contributed by atoms with E-state index in [1.54, 1.807) is 0 Å². The van der Waals surface area contributed by atoms with Gasteiger partial charge >= 0.3 is 6.03 Å². The second-order valence-corrected chi connectivity index (χ2v) is 5.52. The summed E-state index contributed by atoms with van der Waals surface area (Å²) < 4.78 is 1.01. The van der Waals surface area contributed by atoms with E-state index in [1.165, 1.54) is 0 Å². The number of aryl methyl sites for hydroxylation is 2. The maximum Gasteiger partial charge on any atom is 0.323 e. The maximum absolute atomic E-state index is 12.0. The molecule has 0 bridgehead atoms. The molecule has 3 nitrogen and oxygen atoms in total. The van der Waals surface area contributed by atoms with Crippen molar-refractivity contribution in [1.29, 1.82) is 0 Å². The largest absolute Gasteiger partial charge is 0.323 e. The molecule has 0 aliphatic heterocycles. The van der Waals surface area contributed by atoms with E-state index in [9.17, 15) is 4.79 Å². The van der Waals surface area contributed by atoms with Gasteiger partial charge in [-0.25, -0.2) is 4.79 Å². The molecule has 20 heavy (non-hydrogen) atoms. The fourth-order valence-corrected chi connectivity index (χ4v) is 2.39. The number of benzene rings is 2. The Labute approximate surface area is 127 Å². The molecule has 0 aliphatic rings. The molecule has 0 spiro atoms. The van der Waals surface area contributed by atoms with Crippen LogP contribution in [-0.4, -0.2) is 6.03 Å². The molecule has 0 radical (unpaired) electrons. The van der Waals surface area contributed by atoms with Crippen molar-refractivity contribution >= 4 is 33.3 Å². The van der Waals surface area contributed by atoms with Crippen LogP contribution in [0.5, 0.6) is 0 Å². The Balaban J connectivity index is 2.08. The summed E-state index contributed by atoms with van der Waals surface area (Å²) in [5, 5.41) is 5.72. The summed E-state index contributed by atoms with van der Waals surface area (Å²) in [5.74, 6) is 0. The van der Waals surface area contributed by atoms with Crippen molar-refractivity contribution in [2.45, 2.75) is 20.3 Å². The molecule has 0 saturated heterocycles. The number of amides is 2. The molecule has 0 atom stereocenters. The first-order chi connectivity index (χ1) is 9.58. The standard InChI is InChI=1S/C16H17BrN2O/c1-3-12-10-13(17)7-8-15(12)19-16(20)18-14-6-4-5-11(2)9-14/h4-10H,3H2,1-2H3,(H2,18,19,20). The average molecular weight is 333 g/mol. The molecular weight excluding hydrogens is 316 g/mol. The molecular formula is C16H17BrN2O. The number of carbonyl (C=O) groups is 1. The Morgan fingerprint density at radius 1 is 1.15 bits per heavy atom. The van der Waals surface area contributed by atoms with Gasteiger partial charge in [-0.3, -0.25) is 0 Å². The van der Waals surface area contributed by atoms with E-state index in [0.29, 0.717) is 0 Å². The summed E-state index contributed by atoms with van der Waals surface area (Å²) in [6, 6.07) is 13.3. The lowest BCUT2D eigenvalue weighted by molar-refractivity contribution is 0.262. The summed E-state index contributed by atoms with van der Waals surface area (Å²) in [7, 11) is 0. The lowest BCUT2D eigenvalue weighted by atomic mass is 10.1. The molecule has 2 rings (SSSR count). The van der Waals surface area contributed by atoms with Crippen LogP contribution in [0, 0.1) is 6.92 Å². The van der Waals surface area contributed by atoms with Crippen molar-refractivity contribution < 1.29 is 4.79 Å². The quantitative estimate of drug-likeness (QED) is 0.819. The fraction of sp³-hybridized carbons (Fsp3) is 0.188. The minimum absolute atomic E-state index is 0.229. The SMILES string of the molecule is CCc1cc(Br)ccc1NC(=O)Nc1cccc(C)c1. The first-order valence-corrected chi connectivity index (χ1v) is 7.31. The molecule has 0 aliphatic carbocycles. The van der Waals surface area contributed by atoms with Gasteiger partial charge in [-0.05, 0) is 54.8 Å². The van der Waals surface area contributed by atoms with Crippen LogP contribution >= 0.6 is 15.9 Å². The Morgan fingerprint density at radius 3 is 2.65 bits per heavy atom. The van der Waals surface area contributed by atoms with Gasteiger partial charge in [-0.15, -0.1) is 0 Å². The van der Waals surface area contributed by atoms with Crippen molar-refractivity contribution in [2.24, 2.45) is 0 Å². The summed E-state index contributed by atoms with van der Waals surface area (Å²) in [6.07, 6.45) is 0.861. The third-order valence-corrected chi connectivity index (χ3v) is 3.47. The fourth-order valence-electron chi connectivity index (χ4n) is 1.98. The normalized spacial score (nSPS) is 10.2. The number of anilines is 2. The van der Waals surface area contributed by atoms with E-state index < -0.39 is 0 Å². The topological polar surface area (TPSA) is 41.1 Å². The van der Waals surface area contributed by atoms with Crippen molar-refractivity contribution in [3.05, 3.63) is 58.1 Å². The molecule has 2 aromatic rings. The van der Waals surface area contributed by atoms with Crippen LogP contribution in [0.25, 0.3) is 0 Å². The molecule has 2 N–H and O–H groups in total. The Morgan fingerprint density at radius 2 is 1.95 bits per heavy atom. The molecule has 2 aromatic carbocycles. The molecule has 104 valence electrons. The van der Waals surface area contributed by atoms with Crippen LogP contribution in [0.3, 0.4) is 0 Å². The van der Waals surface area contributed by atoms with Crippen LogP contribution in [0.2, 0.25) is 0 Å². The summed E-state index contributed by atoms with van der Waals surface area (Å²) in [5.41, 5.74) is 3.83. The highest BCUT2D eigenvalue weighted by Gasteiger charge is 2.06. The van der Waals surface area contributed by atoms with Gasteiger partial charge in [-0.2, -0.15) is 0 Å². The highest BCUT2D eigenvalue weighted by molar-refractivity contribution is 9.10. The van der Waals surface area contributed by atoms with Gasteiger partial charge in [0.15, 0.2) is 0 Å². The predicted molar refractivity (Wildman–Crippen MR) is 87.3 cm³/mol. The zero-order chi connectivity index (χ0) is 14.5. The van der Waals surface area contributed by atoms with Crippen molar-refractivity contribution in [1.82, 2.24) is 0 Å². The van der Waals surface area contributed by atoms with E-state index in [-0.39, 0.29) is 6.03 Å². The number of hydrogen-bond acceptors (Lipinski definition) is 1. The van der Waals surface area contributed by atoms with Gasteiger partial charge in [0.1, 0.15) is 0 Å². The monoisotopic (exact) mass is 332 g/mol. The number of urea groups is 1. The van der Waals surface area contributed by atoms with E-state index in [2.05, 4.69) is 33.5 Å². The van der Waals surface area contributed by atoms with E-state index >= 15 is 0 Å². The highest BCUT2D eigenvalue weighted by atomic mass is 79.9. The average Bonchev–Trinajstić information content (AvgIpc) is 2.40. The predicted octanol–water partition coefficient (Wildman–Crippen LogP) is 4.96. The second-order valence-electron chi connectivity index (χ2n) is 4.60. The van der Waals surface area contributed by atoms with Crippen LogP contribution in [0.1, 0.15) is 18.1 Å². The smallest absolute Gasteiger partial charge is 0.308 e. The van der Waals surface area contributed by atoms with E-state index in [0.717, 1.165) is 33.4 Å². The van der Waals surface area contributed by atoms with Crippen LogP contribution < -0.4 is 10.6 Å². The lowest BCUT2D eigenvalue weighted by Crippen LogP contribution is -2.20. The molecule has 0 heterocycles. The van der Waals surface area contributed by atoms with Crippen LogP contribution in [0.15, 0.2) is 46.9 Å². The van der Waals surface area contributed by atoms with Crippen LogP contribution in [-0.2, 0) is 6.42 Å². The lowest BCUT2D eigenvalue weighted by Gasteiger charge is -2.11. The first kappa shape index (κ1) is 14.6. The van der Waals surface area contributed by atoms with Crippen LogP contribution in [0.4, 0.5) is 16.2 Å². The van der Waals surface area contributed by atoms with Gasteiger partial charge < -0.3 is 10.6 Å². The second kappa shape index (κ2) is 6.57. The maximum atomic E-state index is 12.0. The first-order valence-electron chi connectivity index (χ1n) is 6.51. The summed E-state index contributed by atoms with van der Waals surface area (Å²) in [6.45, 7) is 4.05. The Bertz CT molecular complexity index is 626. The van der Waals surface area contributed by atoms with Gasteiger partial charge in [0.2, 0.25) is 0 Å². The Hall–Kier alpha value is -1.81. The number of halogens is 1.